The predicted molar refractivity (Wildman–Crippen MR) is 130 cm³/mol. The Morgan fingerprint density at radius 1 is 0.871 bits per heavy atom. The number of hydrogen-bond donors (Lipinski definition) is 0. The van der Waals surface area contributed by atoms with E-state index in [4.69, 9.17) is 4.42 Å². The molecule has 0 unspecified atom stereocenters. The van der Waals surface area contributed by atoms with Gasteiger partial charge in [-0.25, -0.2) is 4.57 Å². The zero-order valence-corrected chi connectivity index (χ0v) is 20.2. The molecule has 2 nitrogen and oxygen atoms in total. The van der Waals surface area contributed by atoms with Crippen LogP contribution in [0.2, 0.25) is 0 Å². The third-order valence-corrected chi connectivity index (χ3v) is 7.80. The fraction of sp³-hybridized carbons (Fsp3) is 0.414. The lowest BCUT2D eigenvalue weighted by Crippen LogP contribution is -2.36. The molecule has 0 aliphatic heterocycles. The minimum Gasteiger partial charge on any atom is -0.455 e. The second-order valence-electron chi connectivity index (χ2n) is 11.0. The van der Waals surface area contributed by atoms with Crippen molar-refractivity contribution < 1.29 is 8.98 Å². The van der Waals surface area contributed by atoms with Crippen molar-refractivity contribution in [1.82, 2.24) is 0 Å². The number of aryl methyl sites for hydroxylation is 3. The van der Waals surface area contributed by atoms with E-state index in [-0.39, 0.29) is 10.8 Å². The summed E-state index contributed by atoms with van der Waals surface area (Å²) in [6, 6.07) is 10.9. The number of nitrogens with zero attached hydrogens (tertiary/aromatic N) is 1. The van der Waals surface area contributed by atoms with Crippen LogP contribution in [0.3, 0.4) is 0 Å². The first-order valence-electron chi connectivity index (χ1n) is 11.5. The Balaban J connectivity index is 2.07. The number of hydrogen-bond acceptors (Lipinski definition) is 1. The van der Waals surface area contributed by atoms with Crippen LogP contribution in [-0.4, -0.2) is 0 Å². The molecule has 2 heteroatoms. The molecule has 2 heterocycles. The highest BCUT2D eigenvalue weighted by Gasteiger charge is 2.42. The minimum absolute atomic E-state index is 0.115. The number of furan rings is 1. The smallest absolute Gasteiger partial charge is 0.216 e. The minimum atomic E-state index is 0.115. The molecule has 0 fully saturated rings. The van der Waals surface area contributed by atoms with Crippen LogP contribution in [0, 0.1) is 20.8 Å². The van der Waals surface area contributed by atoms with Gasteiger partial charge in [-0.15, -0.1) is 0 Å². The summed E-state index contributed by atoms with van der Waals surface area (Å²) < 4.78 is 8.93. The van der Waals surface area contributed by atoms with E-state index in [1.54, 1.807) is 0 Å². The summed E-state index contributed by atoms with van der Waals surface area (Å²) in [6.45, 7) is 16.4. The zero-order valence-electron chi connectivity index (χ0n) is 20.2. The molecule has 160 valence electrons. The van der Waals surface area contributed by atoms with Crippen LogP contribution in [0.1, 0.15) is 68.4 Å². The average molecular weight is 413 g/mol. The van der Waals surface area contributed by atoms with Crippen LogP contribution in [0.15, 0.2) is 40.9 Å². The van der Waals surface area contributed by atoms with Crippen LogP contribution in [0.4, 0.5) is 0 Å². The van der Waals surface area contributed by atoms with E-state index in [0.717, 1.165) is 11.2 Å². The molecule has 0 N–H and O–H groups in total. The molecule has 0 saturated heterocycles. The lowest BCUT2D eigenvalue weighted by atomic mass is 9.60. The summed E-state index contributed by atoms with van der Waals surface area (Å²) in [5.41, 5.74) is 11.8. The van der Waals surface area contributed by atoms with Crippen molar-refractivity contribution in [2.75, 3.05) is 0 Å². The lowest BCUT2D eigenvalue weighted by molar-refractivity contribution is -0.660. The van der Waals surface area contributed by atoms with Crippen LogP contribution < -0.4 is 4.57 Å². The van der Waals surface area contributed by atoms with Crippen molar-refractivity contribution in [2.45, 2.75) is 72.1 Å². The molecular formula is C29H34NO+. The highest BCUT2D eigenvalue weighted by Crippen LogP contribution is 2.54. The molecule has 1 aliphatic carbocycles. The summed E-state index contributed by atoms with van der Waals surface area (Å²) in [5, 5.41) is 2.56. The van der Waals surface area contributed by atoms with E-state index in [1.165, 1.54) is 62.7 Å². The van der Waals surface area contributed by atoms with E-state index < -0.39 is 0 Å². The van der Waals surface area contributed by atoms with Gasteiger partial charge in [0.1, 0.15) is 18.2 Å². The summed E-state index contributed by atoms with van der Waals surface area (Å²) in [4.78, 5) is 0. The number of rotatable bonds is 1. The molecule has 0 atom stereocenters. The molecule has 0 spiro atoms. The van der Waals surface area contributed by atoms with Gasteiger partial charge in [0.15, 0.2) is 6.20 Å². The third-order valence-electron chi connectivity index (χ3n) is 7.80. The maximum atomic E-state index is 6.66. The Hall–Kier alpha value is -2.61. The van der Waals surface area contributed by atoms with Crippen LogP contribution >= 0.6 is 0 Å². The van der Waals surface area contributed by atoms with Gasteiger partial charge in [0.05, 0.1) is 5.56 Å². The maximum absolute atomic E-state index is 6.66. The van der Waals surface area contributed by atoms with Gasteiger partial charge in [0.2, 0.25) is 5.69 Å². The molecule has 0 bridgehead atoms. The zero-order chi connectivity index (χ0) is 22.3. The van der Waals surface area contributed by atoms with Crippen molar-refractivity contribution in [3.63, 3.8) is 0 Å². The Labute approximate surface area is 185 Å². The van der Waals surface area contributed by atoms with Gasteiger partial charge in [0.25, 0.3) is 0 Å². The van der Waals surface area contributed by atoms with Crippen molar-refractivity contribution in [3.05, 3.63) is 64.3 Å². The highest BCUT2D eigenvalue weighted by molar-refractivity contribution is 6.12. The van der Waals surface area contributed by atoms with E-state index in [9.17, 15) is 0 Å². The Bertz CT molecular complexity index is 1370. The fourth-order valence-corrected chi connectivity index (χ4v) is 5.91. The van der Waals surface area contributed by atoms with E-state index in [0.29, 0.717) is 0 Å². The first-order chi connectivity index (χ1) is 14.5. The standard InChI is InChI=1S/C29H34NO/c1-17-15-21(30(8)16-18(17)2)23-19(3)25-26(29(6,7)14-13-28(25,4)5)24-20-11-9-10-12-22(20)31-27(23)24/h9-12,15-16H,13-14H2,1-8H3/q+1. The van der Waals surface area contributed by atoms with Gasteiger partial charge in [0, 0.05) is 22.4 Å². The molecule has 2 aromatic heterocycles. The van der Waals surface area contributed by atoms with E-state index in [2.05, 4.69) is 96.6 Å². The second-order valence-corrected chi connectivity index (χ2v) is 11.0. The Morgan fingerprint density at radius 2 is 1.52 bits per heavy atom. The molecule has 2 aromatic carbocycles. The number of fused-ring (bicyclic) bond motifs is 5. The molecular weight excluding hydrogens is 378 g/mol. The van der Waals surface area contributed by atoms with Crippen molar-refractivity contribution in [1.29, 1.82) is 0 Å². The molecule has 31 heavy (non-hydrogen) atoms. The van der Waals surface area contributed by atoms with E-state index >= 15 is 0 Å². The Morgan fingerprint density at radius 3 is 2.23 bits per heavy atom. The summed E-state index contributed by atoms with van der Waals surface area (Å²) >= 11 is 0. The van der Waals surface area contributed by atoms with Crippen LogP contribution in [-0.2, 0) is 17.9 Å². The van der Waals surface area contributed by atoms with Gasteiger partial charge in [-0.1, -0.05) is 45.9 Å². The van der Waals surface area contributed by atoms with Gasteiger partial charge in [-0.05, 0) is 72.8 Å². The predicted octanol–water partition coefficient (Wildman–Crippen LogP) is 7.35. The Kier molecular flexibility index (Phi) is 4.22. The quantitative estimate of drug-likeness (QED) is 0.299. The summed E-state index contributed by atoms with van der Waals surface area (Å²) in [5.74, 6) is 0. The number of pyridine rings is 1. The first-order valence-corrected chi connectivity index (χ1v) is 11.5. The van der Waals surface area contributed by atoms with Crippen molar-refractivity contribution >= 4 is 21.9 Å². The summed E-state index contributed by atoms with van der Waals surface area (Å²) in [7, 11) is 2.16. The van der Waals surface area contributed by atoms with Crippen molar-refractivity contribution in [3.8, 4) is 11.3 Å². The normalized spacial score (nSPS) is 17.3. The van der Waals surface area contributed by atoms with Gasteiger partial charge in [-0.3, -0.25) is 0 Å². The average Bonchev–Trinajstić information content (AvgIpc) is 3.07. The van der Waals surface area contributed by atoms with Gasteiger partial charge in [-0.2, -0.15) is 0 Å². The van der Waals surface area contributed by atoms with Crippen LogP contribution in [0.5, 0.6) is 0 Å². The maximum Gasteiger partial charge on any atom is 0.216 e. The molecule has 5 rings (SSSR count). The molecule has 1 aliphatic rings. The van der Waals surface area contributed by atoms with Gasteiger partial charge >= 0.3 is 0 Å². The number of aromatic nitrogens is 1. The second kappa shape index (κ2) is 6.45. The molecule has 0 amide bonds. The number of benzene rings is 2. The molecule has 0 saturated carbocycles. The number of para-hydroxylation sites is 1. The van der Waals surface area contributed by atoms with Gasteiger partial charge < -0.3 is 4.42 Å². The topological polar surface area (TPSA) is 17.0 Å². The third kappa shape index (κ3) is 2.80. The SMILES string of the molecule is Cc1cc(-c2c(C)c3c(c4c2oc2ccccc24)C(C)(C)CCC3(C)C)[n+](C)cc1C. The fourth-order valence-electron chi connectivity index (χ4n) is 5.91. The highest BCUT2D eigenvalue weighted by atomic mass is 16.3. The summed E-state index contributed by atoms with van der Waals surface area (Å²) in [6.07, 6.45) is 4.64. The molecule has 0 radical (unpaired) electrons. The molecule has 4 aromatic rings. The largest absolute Gasteiger partial charge is 0.455 e. The van der Waals surface area contributed by atoms with Crippen LogP contribution in [0.25, 0.3) is 33.2 Å². The first kappa shape index (κ1) is 20.3. The van der Waals surface area contributed by atoms with Crippen molar-refractivity contribution in [2.24, 2.45) is 7.05 Å². The lowest BCUT2D eigenvalue weighted by Gasteiger charge is -2.43. The monoisotopic (exact) mass is 412 g/mol. The van der Waals surface area contributed by atoms with E-state index in [1.807, 2.05) is 0 Å².